The summed E-state index contributed by atoms with van der Waals surface area (Å²) in [5.41, 5.74) is 0. The summed E-state index contributed by atoms with van der Waals surface area (Å²) in [7, 11) is -9.90. The predicted molar refractivity (Wildman–Crippen MR) is 363 cm³/mol. The number of carbonyl (C=O) groups excluding carboxylic acids is 4. The molecule has 0 aliphatic carbocycles. The van der Waals surface area contributed by atoms with Crippen LogP contribution in [0, 0.1) is 23.7 Å². The number of unbranched alkanes of at least 4 members (excludes halogenated alkanes) is 33. The average Bonchev–Trinajstić information content (AvgIpc) is 3.68. The van der Waals surface area contributed by atoms with E-state index in [9.17, 15) is 43.2 Å². The van der Waals surface area contributed by atoms with Crippen LogP contribution in [-0.4, -0.2) is 96.7 Å². The van der Waals surface area contributed by atoms with Gasteiger partial charge in [-0.3, -0.25) is 37.3 Å². The minimum atomic E-state index is -4.95. The van der Waals surface area contributed by atoms with E-state index >= 15 is 0 Å². The van der Waals surface area contributed by atoms with Crippen LogP contribution >= 0.6 is 15.6 Å². The Balaban J connectivity index is 5.23. The van der Waals surface area contributed by atoms with Crippen molar-refractivity contribution in [2.75, 3.05) is 39.6 Å². The quantitative estimate of drug-likeness (QED) is 0.0222. The van der Waals surface area contributed by atoms with Gasteiger partial charge in [0.1, 0.15) is 19.3 Å². The monoisotopic (exact) mass is 1320 g/mol. The summed E-state index contributed by atoms with van der Waals surface area (Å²) in [5.74, 6) is 0.856. The van der Waals surface area contributed by atoms with Crippen LogP contribution in [0.5, 0.6) is 0 Å². The summed E-state index contributed by atoms with van der Waals surface area (Å²) >= 11 is 0. The van der Waals surface area contributed by atoms with E-state index in [1.807, 2.05) is 0 Å². The summed E-state index contributed by atoms with van der Waals surface area (Å²) in [6, 6.07) is 0. The smallest absolute Gasteiger partial charge is 0.462 e. The third-order valence-corrected chi connectivity index (χ3v) is 18.6. The molecule has 3 unspecified atom stereocenters. The summed E-state index contributed by atoms with van der Waals surface area (Å²) in [5, 5.41) is 10.6. The Hall–Kier alpha value is -1.94. The van der Waals surface area contributed by atoms with Crippen molar-refractivity contribution in [1.82, 2.24) is 0 Å². The van der Waals surface area contributed by atoms with Crippen molar-refractivity contribution in [2.45, 2.75) is 369 Å². The number of hydrogen-bond donors (Lipinski definition) is 3. The molecule has 534 valence electrons. The summed E-state index contributed by atoms with van der Waals surface area (Å²) < 4.78 is 68.3. The molecule has 0 spiro atoms. The minimum absolute atomic E-state index is 0.103. The fraction of sp³-hybridized carbons (Fsp3) is 0.944. The molecule has 0 fully saturated rings. The molecule has 0 aromatic rings. The lowest BCUT2D eigenvalue weighted by atomic mass is 9.99. The van der Waals surface area contributed by atoms with E-state index < -0.39 is 97.5 Å². The van der Waals surface area contributed by atoms with E-state index in [-0.39, 0.29) is 25.7 Å². The summed E-state index contributed by atoms with van der Waals surface area (Å²) in [4.78, 5) is 72.5. The molecule has 19 heteroatoms. The van der Waals surface area contributed by atoms with Gasteiger partial charge in [0.25, 0.3) is 0 Å². The number of rotatable bonds is 68. The molecule has 0 radical (unpaired) electrons. The third-order valence-electron chi connectivity index (χ3n) is 16.7. The molecule has 0 aliphatic heterocycles. The highest BCUT2D eigenvalue weighted by Gasteiger charge is 2.30. The zero-order chi connectivity index (χ0) is 66.8. The fourth-order valence-corrected chi connectivity index (χ4v) is 12.2. The maximum atomic E-state index is 13.0. The van der Waals surface area contributed by atoms with Crippen LogP contribution in [0.2, 0.25) is 0 Å². The average molecular weight is 1330 g/mol. The van der Waals surface area contributed by atoms with E-state index in [0.717, 1.165) is 114 Å². The molecule has 0 rings (SSSR count). The van der Waals surface area contributed by atoms with Gasteiger partial charge >= 0.3 is 39.5 Å². The molecule has 3 N–H and O–H groups in total. The number of aliphatic hydroxyl groups is 1. The molecule has 0 aromatic heterocycles. The Bertz CT molecular complexity index is 1780. The molecule has 0 saturated carbocycles. The van der Waals surface area contributed by atoms with Crippen LogP contribution in [0.1, 0.15) is 351 Å². The van der Waals surface area contributed by atoms with Gasteiger partial charge in [-0.15, -0.1) is 0 Å². The van der Waals surface area contributed by atoms with Crippen molar-refractivity contribution in [3.63, 3.8) is 0 Å². The number of carbonyl (C=O) groups is 4. The zero-order valence-electron chi connectivity index (χ0n) is 58.8. The summed E-state index contributed by atoms with van der Waals surface area (Å²) in [6.07, 6.45) is 43.2. The first-order valence-electron chi connectivity index (χ1n) is 36.7. The second kappa shape index (κ2) is 60.7. The Morgan fingerprint density at radius 3 is 0.789 bits per heavy atom. The minimum Gasteiger partial charge on any atom is -0.462 e. The molecule has 6 atom stereocenters. The highest BCUT2D eigenvalue weighted by Crippen LogP contribution is 2.45. The molecule has 0 aliphatic rings. The van der Waals surface area contributed by atoms with Crippen LogP contribution in [-0.2, 0) is 65.4 Å². The Labute approximate surface area is 549 Å². The van der Waals surface area contributed by atoms with E-state index in [1.54, 1.807) is 0 Å². The maximum absolute atomic E-state index is 13.0. The van der Waals surface area contributed by atoms with Gasteiger partial charge in [0.05, 0.1) is 26.4 Å². The van der Waals surface area contributed by atoms with Crippen LogP contribution in [0.25, 0.3) is 0 Å². The third kappa shape index (κ3) is 63.5. The van der Waals surface area contributed by atoms with Gasteiger partial charge in [0.15, 0.2) is 12.2 Å². The van der Waals surface area contributed by atoms with Gasteiger partial charge < -0.3 is 33.8 Å². The topological polar surface area (TPSA) is 237 Å². The van der Waals surface area contributed by atoms with Crippen LogP contribution in [0.15, 0.2) is 0 Å². The lowest BCUT2D eigenvalue weighted by molar-refractivity contribution is -0.161. The molecule has 0 saturated heterocycles. The number of ether oxygens (including phenoxy) is 4. The molecule has 90 heavy (non-hydrogen) atoms. The Kier molecular flexibility index (Phi) is 59.4. The highest BCUT2D eigenvalue weighted by atomic mass is 31.2. The molecular formula is C71H138O17P2. The van der Waals surface area contributed by atoms with Crippen LogP contribution < -0.4 is 0 Å². The first-order chi connectivity index (χ1) is 43.1. The first kappa shape index (κ1) is 88.1. The molecule has 0 amide bonds. The van der Waals surface area contributed by atoms with Gasteiger partial charge in [0.2, 0.25) is 0 Å². The molecule has 0 heterocycles. The van der Waals surface area contributed by atoms with E-state index in [0.29, 0.717) is 31.6 Å². The van der Waals surface area contributed by atoms with Crippen LogP contribution in [0.4, 0.5) is 0 Å². The van der Waals surface area contributed by atoms with Gasteiger partial charge in [-0.05, 0) is 49.4 Å². The molecule has 0 aromatic carbocycles. The number of esters is 4. The number of aliphatic hydroxyl groups excluding tert-OH is 1. The lowest BCUT2D eigenvalue weighted by Crippen LogP contribution is -2.30. The number of hydrogen-bond acceptors (Lipinski definition) is 15. The van der Waals surface area contributed by atoms with Gasteiger partial charge in [0, 0.05) is 25.7 Å². The summed E-state index contributed by atoms with van der Waals surface area (Å²) in [6.45, 7) is 14.1. The molecule has 0 bridgehead atoms. The van der Waals surface area contributed by atoms with E-state index in [4.69, 9.17) is 37.0 Å². The van der Waals surface area contributed by atoms with Crippen molar-refractivity contribution in [3.05, 3.63) is 0 Å². The zero-order valence-corrected chi connectivity index (χ0v) is 60.6. The van der Waals surface area contributed by atoms with Crippen molar-refractivity contribution in [2.24, 2.45) is 23.7 Å². The normalized spacial score (nSPS) is 14.6. The standard InChI is InChI=1S/C71H138O17P2/c1-9-64(8)50-42-34-25-18-14-12-10-11-13-15-19-27-37-45-53-70(75)87-66(57-81-68(73)51-43-35-26-20-16-17-23-31-39-47-61(2)3)59-85-89(77,78)83-55-65(72)56-84-90(79,80)86-60-67(58-82-69(74)52-44-36-30-29-33-41-49-63(6)7)88-71(76)54-46-38-28-22-21-24-32-40-48-62(4)5/h61-67,72H,9-60H2,1-8H3,(H,77,78)(H,79,80)/t64?,65-,66-,67-/m1/s1. The Morgan fingerprint density at radius 2 is 0.533 bits per heavy atom. The van der Waals surface area contributed by atoms with E-state index in [1.165, 1.54) is 148 Å². The molecule has 17 nitrogen and oxygen atoms in total. The van der Waals surface area contributed by atoms with Crippen molar-refractivity contribution < 1.29 is 80.2 Å². The van der Waals surface area contributed by atoms with Crippen molar-refractivity contribution >= 4 is 39.5 Å². The Morgan fingerprint density at radius 1 is 0.311 bits per heavy atom. The highest BCUT2D eigenvalue weighted by molar-refractivity contribution is 7.47. The lowest BCUT2D eigenvalue weighted by Gasteiger charge is -2.21. The second-order valence-corrected chi connectivity index (χ2v) is 30.2. The maximum Gasteiger partial charge on any atom is 0.472 e. The van der Waals surface area contributed by atoms with Gasteiger partial charge in [-0.1, -0.05) is 299 Å². The largest absolute Gasteiger partial charge is 0.472 e. The van der Waals surface area contributed by atoms with Gasteiger partial charge in [-0.25, -0.2) is 9.13 Å². The van der Waals surface area contributed by atoms with Crippen molar-refractivity contribution in [3.8, 4) is 0 Å². The van der Waals surface area contributed by atoms with Gasteiger partial charge in [-0.2, -0.15) is 0 Å². The number of phosphoric acid groups is 2. The SMILES string of the molecule is CCC(C)CCCCCCCCCCCCCCCCC(=O)O[C@H](COC(=O)CCCCCCCCCCCC(C)C)COP(=O)(O)OC[C@@H](O)COP(=O)(O)OC[C@@H](COC(=O)CCCCCCCCC(C)C)OC(=O)CCCCCCCCCCC(C)C. The molecular weight excluding hydrogens is 1190 g/mol. The van der Waals surface area contributed by atoms with Crippen LogP contribution in [0.3, 0.4) is 0 Å². The fourth-order valence-electron chi connectivity index (χ4n) is 10.6. The van der Waals surface area contributed by atoms with Crippen molar-refractivity contribution in [1.29, 1.82) is 0 Å². The van der Waals surface area contributed by atoms with E-state index in [2.05, 4.69) is 55.4 Å². The second-order valence-electron chi connectivity index (χ2n) is 27.3. The first-order valence-corrected chi connectivity index (χ1v) is 39.7. The number of phosphoric ester groups is 2. The predicted octanol–water partition coefficient (Wildman–Crippen LogP) is 20.1.